The molecule has 0 atom stereocenters. The molecule has 0 saturated carbocycles. The summed E-state index contributed by atoms with van der Waals surface area (Å²) in [4.78, 5) is 10.5. The molecule has 5 nitrogen and oxygen atoms in total. The zero-order valence-corrected chi connectivity index (χ0v) is 13.5. The van der Waals surface area contributed by atoms with Gasteiger partial charge in [-0.15, -0.1) is 0 Å². The maximum atomic E-state index is 10.5. The number of rotatable bonds is 10. The Hall–Kier alpha value is -1.37. The molecule has 6 heteroatoms. The lowest BCUT2D eigenvalue weighted by atomic mass is 10.2. The monoisotopic (exact) mass is 358 g/mol. The number of carboxylic acids is 1. The second kappa shape index (κ2) is 10.4. The Morgan fingerprint density at radius 3 is 2.81 bits per heavy atom. The van der Waals surface area contributed by atoms with Crippen molar-refractivity contribution in [1.82, 2.24) is 0 Å². The molecule has 1 rings (SSSR count). The molecule has 0 fully saturated rings. The molecular weight excluding hydrogens is 340 g/mol. The van der Waals surface area contributed by atoms with Gasteiger partial charge in [-0.05, 0) is 36.3 Å². The van der Waals surface area contributed by atoms with Crippen molar-refractivity contribution in [3.63, 3.8) is 0 Å². The van der Waals surface area contributed by atoms with Crippen LogP contribution in [0.3, 0.4) is 0 Å². The first kappa shape index (κ1) is 17.7. The lowest BCUT2D eigenvalue weighted by Gasteiger charge is -2.08. The van der Waals surface area contributed by atoms with Gasteiger partial charge in [0.25, 0.3) is 0 Å². The van der Waals surface area contributed by atoms with E-state index in [-0.39, 0.29) is 0 Å². The summed E-state index contributed by atoms with van der Waals surface area (Å²) in [5.41, 5.74) is 0.746. The number of aliphatic carboxylic acids is 1. The van der Waals surface area contributed by atoms with Crippen molar-refractivity contribution < 1.29 is 24.1 Å². The van der Waals surface area contributed by atoms with E-state index in [0.717, 1.165) is 22.5 Å². The van der Waals surface area contributed by atoms with Gasteiger partial charge in [0.1, 0.15) is 12.4 Å². The lowest BCUT2D eigenvalue weighted by Crippen LogP contribution is -2.08. The van der Waals surface area contributed by atoms with Crippen molar-refractivity contribution in [1.29, 1.82) is 0 Å². The first-order chi connectivity index (χ1) is 10.1. The summed E-state index contributed by atoms with van der Waals surface area (Å²) in [5.74, 6) is -0.318. The molecule has 1 aromatic rings. The summed E-state index contributed by atoms with van der Waals surface area (Å²) in [7, 11) is 1.66. The zero-order valence-electron chi connectivity index (χ0n) is 11.9. The predicted octanol–water partition coefficient (Wildman–Crippen LogP) is 2.98. The summed E-state index contributed by atoms with van der Waals surface area (Å²) in [6.07, 6.45) is 3.46. The summed E-state index contributed by atoms with van der Waals surface area (Å²) >= 11 is 3.36. The topological polar surface area (TPSA) is 65.0 Å². The number of ether oxygens (including phenoxy) is 3. The van der Waals surface area contributed by atoms with Crippen LogP contribution in [0.25, 0.3) is 6.08 Å². The quantitative estimate of drug-likeness (QED) is 0.514. The fourth-order valence-electron chi connectivity index (χ4n) is 1.53. The predicted molar refractivity (Wildman–Crippen MR) is 83.6 cm³/mol. The standard InChI is InChI=1S/C15H19BrO5/c1-19-7-2-8-20-9-10-21-13-4-5-14(16)12(11-13)3-6-15(17)18/h3-6,11H,2,7-10H2,1H3,(H,17,18)/b6-3+. The Morgan fingerprint density at radius 1 is 1.29 bits per heavy atom. The van der Waals surface area contributed by atoms with Crippen LogP contribution in [0.5, 0.6) is 5.75 Å². The van der Waals surface area contributed by atoms with Crippen molar-refractivity contribution in [2.24, 2.45) is 0 Å². The molecule has 0 aromatic heterocycles. The van der Waals surface area contributed by atoms with Gasteiger partial charge in [0.2, 0.25) is 0 Å². The number of methoxy groups -OCH3 is 1. The first-order valence-electron chi connectivity index (χ1n) is 6.53. The summed E-state index contributed by atoms with van der Waals surface area (Å²) in [6.45, 7) is 2.27. The van der Waals surface area contributed by atoms with E-state index in [2.05, 4.69) is 15.9 Å². The summed E-state index contributed by atoms with van der Waals surface area (Å²) < 4.78 is 16.7. The fraction of sp³-hybridized carbons (Fsp3) is 0.400. The van der Waals surface area contributed by atoms with Gasteiger partial charge in [-0.2, -0.15) is 0 Å². The molecule has 0 aliphatic heterocycles. The van der Waals surface area contributed by atoms with Crippen LogP contribution in [0.2, 0.25) is 0 Å². The van der Waals surface area contributed by atoms with Crippen LogP contribution in [0.1, 0.15) is 12.0 Å². The first-order valence-corrected chi connectivity index (χ1v) is 7.33. The van der Waals surface area contributed by atoms with Crippen LogP contribution in [0.4, 0.5) is 0 Å². The number of halogens is 1. The third-order valence-electron chi connectivity index (χ3n) is 2.51. The number of carbonyl (C=O) groups is 1. The second-order valence-electron chi connectivity index (χ2n) is 4.16. The third-order valence-corrected chi connectivity index (χ3v) is 3.23. The number of carboxylic acid groups (broad SMARTS) is 1. The van der Waals surface area contributed by atoms with E-state index in [9.17, 15) is 4.79 Å². The van der Waals surface area contributed by atoms with Crippen molar-refractivity contribution in [2.75, 3.05) is 33.5 Å². The Kier molecular flexibility index (Phi) is 8.73. The highest BCUT2D eigenvalue weighted by atomic mass is 79.9. The maximum absolute atomic E-state index is 10.5. The molecule has 0 amide bonds. The molecule has 1 N–H and O–H groups in total. The Labute approximate surface area is 132 Å². The highest BCUT2D eigenvalue weighted by molar-refractivity contribution is 9.10. The lowest BCUT2D eigenvalue weighted by molar-refractivity contribution is -0.131. The van der Waals surface area contributed by atoms with Crippen LogP contribution >= 0.6 is 15.9 Å². The van der Waals surface area contributed by atoms with E-state index in [4.69, 9.17) is 19.3 Å². The number of hydrogen-bond donors (Lipinski definition) is 1. The van der Waals surface area contributed by atoms with Crippen LogP contribution in [0.15, 0.2) is 28.7 Å². The number of benzene rings is 1. The van der Waals surface area contributed by atoms with Crippen molar-refractivity contribution >= 4 is 28.0 Å². The minimum atomic E-state index is -0.988. The van der Waals surface area contributed by atoms with E-state index in [1.807, 2.05) is 12.1 Å². The van der Waals surface area contributed by atoms with Gasteiger partial charge in [0.15, 0.2) is 0 Å². The van der Waals surface area contributed by atoms with Gasteiger partial charge in [-0.1, -0.05) is 15.9 Å². The van der Waals surface area contributed by atoms with Crippen LogP contribution < -0.4 is 4.74 Å². The molecule has 1 aromatic carbocycles. The van der Waals surface area contributed by atoms with Crippen LogP contribution in [-0.2, 0) is 14.3 Å². The van der Waals surface area contributed by atoms with Crippen molar-refractivity contribution in [3.8, 4) is 5.75 Å². The molecule has 0 spiro atoms. The molecule has 0 heterocycles. The van der Waals surface area contributed by atoms with E-state index < -0.39 is 5.97 Å². The molecule has 21 heavy (non-hydrogen) atoms. The molecule has 0 saturated heterocycles. The van der Waals surface area contributed by atoms with E-state index in [0.29, 0.717) is 32.2 Å². The molecule has 0 aliphatic carbocycles. The van der Waals surface area contributed by atoms with Gasteiger partial charge in [0.05, 0.1) is 6.61 Å². The Bertz CT molecular complexity index is 473. The van der Waals surface area contributed by atoms with Gasteiger partial charge in [0, 0.05) is 30.9 Å². The minimum absolute atomic E-state index is 0.441. The van der Waals surface area contributed by atoms with E-state index in [1.165, 1.54) is 6.08 Å². The molecule has 0 unspecified atom stereocenters. The average Bonchev–Trinajstić information content (AvgIpc) is 2.46. The third kappa shape index (κ3) is 7.84. The summed E-state index contributed by atoms with van der Waals surface area (Å²) in [5, 5.41) is 8.64. The Balaban J connectivity index is 2.38. The van der Waals surface area contributed by atoms with E-state index >= 15 is 0 Å². The SMILES string of the molecule is COCCCOCCOc1ccc(Br)c(/C=C/C(=O)O)c1. The smallest absolute Gasteiger partial charge is 0.328 e. The zero-order chi connectivity index (χ0) is 15.5. The highest BCUT2D eigenvalue weighted by Gasteiger charge is 2.01. The van der Waals surface area contributed by atoms with Crippen molar-refractivity contribution in [2.45, 2.75) is 6.42 Å². The molecule has 0 aliphatic rings. The normalized spacial score (nSPS) is 11.0. The number of hydrogen-bond acceptors (Lipinski definition) is 4. The highest BCUT2D eigenvalue weighted by Crippen LogP contribution is 2.23. The van der Waals surface area contributed by atoms with Gasteiger partial charge < -0.3 is 19.3 Å². The van der Waals surface area contributed by atoms with Crippen LogP contribution in [-0.4, -0.2) is 44.6 Å². The van der Waals surface area contributed by atoms with Gasteiger partial charge >= 0.3 is 5.97 Å². The average molecular weight is 359 g/mol. The van der Waals surface area contributed by atoms with E-state index in [1.54, 1.807) is 13.2 Å². The molecule has 0 radical (unpaired) electrons. The second-order valence-corrected chi connectivity index (χ2v) is 5.02. The minimum Gasteiger partial charge on any atom is -0.491 e. The largest absolute Gasteiger partial charge is 0.491 e. The summed E-state index contributed by atoms with van der Waals surface area (Å²) in [6, 6.07) is 5.40. The van der Waals surface area contributed by atoms with Crippen LogP contribution in [0, 0.1) is 0 Å². The van der Waals surface area contributed by atoms with Crippen molar-refractivity contribution in [3.05, 3.63) is 34.3 Å². The van der Waals surface area contributed by atoms with Gasteiger partial charge in [-0.3, -0.25) is 0 Å². The maximum Gasteiger partial charge on any atom is 0.328 e. The molecular formula is C15H19BrO5. The molecule has 116 valence electrons. The van der Waals surface area contributed by atoms with Gasteiger partial charge in [-0.25, -0.2) is 4.79 Å². The molecule has 0 bridgehead atoms. The Morgan fingerprint density at radius 2 is 2.10 bits per heavy atom. The fourth-order valence-corrected chi connectivity index (χ4v) is 1.91.